The van der Waals surface area contributed by atoms with Crippen LogP contribution in [0.3, 0.4) is 0 Å². The Labute approximate surface area is 584 Å². The van der Waals surface area contributed by atoms with Gasteiger partial charge in [-0.2, -0.15) is 5.26 Å². The highest BCUT2D eigenvalue weighted by Gasteiger charge is 2.45. The van der Waals surface area contributed by atoms with Gasteiger partial charge in [0.2, 0.25) is 0 Å². The summed E-state index contributed by atoms with van der Waals surface area (Å²) in [5.41, 5.74) is 28.6. The van der Waals surface area contributed by atoms with Crippen molar-refractivity contribution in [1.29, 1.82) is 5.26 Å². The summed E-state index contributed by atoms with van der Waals surface area (Å²) in [6.07, 6.45) is 0. The molecule has 0 aliphatic carbocycles. The Morgan fingerprint density at radius 3 is 1.23 bits per heavy atom. The molecule has 100 heavy (non-hydrogen) atoms. The van der Waals surface area contributed by atoms with E-state index in [0.717, 1.165) is 123 Å². The summed E-state index contributed by atoms with van der Waals surface area (Å²) in [5.74, 6) is 0. The van der Waals surface area contributed by atoms with E-state index in [1.807, 2.05) is 6.07 Å². The lowest BCUT2D eigenvalue weighted by Gasteiger charge is -2.45. The number of nitriles is 1. The van der Waals surface area contributed by atoms with Crippen molar-refractivity contribution in [2.24, 2.45) is 0 Å². The van der Waals surface area contributed by atoms with Crippen molar-refractivity contribution >= 4 is 118 Å². The Bertz CT molecular complexity index is 5800. The summed E-state index contributed by atoms with van der Waals surface area (Å²) in [7, 11) is 0. The van der Waals surface area contributed by atoms with Crippen LogP contribution in [0.5, 0.6) is 0 Å². The molecule has 18 rings (SSSR count). The van der Waals surface area contributed by atoms with Crippen LogP contribution < -0.4 is 31.1 Å². The predicted molar refractivity (Wildman–Crippen MR) is 422 cm³/mol. The highest BCUT2D eigenvalue weighted by molar-refractivity contribution is 7.00. The van der Waals surface area contributed by atoms with Gasteiger partial charge in [0.1, 0.15) is 0 Å². The van der Waals surface area contributed by atoms with Crippen molar-refractivity contribution in [3.05, 3.63) is 338 Å². The molecule has 0 atom stereocenters. The minimum absolute atomic E-state index is 0.0637. The molecule has 0 radical (unpaired) electrons. The van der Waals surface area contributed by atoms with Crippen LogP contribution in [-0.2, 0) is 10.8 Å². The average molecular weight is 1280 g/mol. The normalized spacial score (nSPS) is 12.6. The number of rotatable bonds is 10. The fourth-order valence-corrected chi connectivity index (χ4v) is 16.0. The van der Waals surface area contributed by atoms with Gasteiger partial charge in [-0.05, 0) is 182 Å². The van der Waals surface area contributed by atoms with Gasteiger partial charge in [-0.1, -0.05) is 236 Å². The SMILES string of the molecule is CC(C)(C)c1ccc2c(c1)c1cc(C(C)(C)C)ccc1n2-c1ccc2c(c1)N(c1ccccc1-c1ccccc1)c1cc(-c3cc(-n4c5ccccc5c5ccccc54)ccc3C#N)cc3c1B2c1ccc(N(c2ccccc2)c2ccccc2)cc1N3c1ccccc1-c1ccccc1. The van der Waals surface area contributed by atoms with Gasteiger partial charge >= 0.3 is 0 Å². The fraction of sp³-hybridized carbons (Fsp3) is 0.0860. The van der Waals surface area contributed by atoms with E-state index in [0.29, 0.717) is 5.56 Å². The van der Waals surface area contributed by atoms with Crippen LogP contribution in [-0.4, -0.2) is 15.8 Å². The number of aromatic nitrogens is 2. The first-order valence-electron chi connectivity index (χ1n) is 34.7. The average Bonchev–Trinajstić information content (AvgIpc) is 0.840. The van der Waals surface area contributed by atoms with Crippen LogP contribution >= 0.6 is 0 Å². The highest BCUT2D eigenvalue weighted by Crippen LogP contribution is 2.52. The summed E-state index contributed by atoms with van der Waals surface area (Å²) >= 11 is 0. The highest BCUT2D eigenvalue weighted by atomic mass is 15.2. The molecule has 2 aliphatic heterocycles. The molecular weight excluding hydrogens is 1210 g/mol. The maximum atomic E-state index is 11.7. The molecule has 6 nitrogen and oxygen atoms in total. The third kappa shape index (κ3) is 9.76. The Balaban J connectivity index is 0.982. The van der Waals surface area contributed by atoms with Crippen LogP contribution in [0.25, 0.3) is 88.4 Å². The van der Waals surface area contributed by atoms with Crippen LogP contribution in [0.1, 0.15) is 58.2 Å². The fourth-order valence-electron chi connectivity index (χ4n) is 16.0. The molecule has 0 saturated carbocycles. The second-order valence-corrected chi connectivity index (χ2v) is 28.8. The summed E-state index contributed by atoms with van der Waals surface area (Å²) < 4.78 is 4.87. The number of nitrogens with zero attached hydrogens (tertiary/aromatic N) is 6. The topological polar surface area (TPSA) is 43.4 Å². The molecule has 0 N–H and O–H groups in total. The maximum Gasteiger partial charge on any atom is 0.252 e. The first-order chi connectivity index (χ1) is 48.9. The Morgan fingerprint density at radius 1 is 0.310 bits per heavy atom. The summed E-state index contributed by atoms with van der Waals surface area (Å²) in [6.45, 7) is 13.6. The lowest BCUT2D eigenvalue weighted by molar-refractivity contribution is 0.590. The monoisotopic (exact) mass is 1280 g/mol. The Morgan fingerprint density at radius 2 is 0.730 bits per heavy atom. The third-order valence-corrected chi connectivity index (χ3v) is 20.8. The van der Waals surface area contributed by atoms with Crippen molar-refractivity contribution in [3.63, 3.8) is 0 Å². The lowest BCUT2D eigenvalue weighted by atomic mass is 9.33. The minimum atomic E-state index is -0.282. The van der Waals surface area contributed by atoms with Gasteiger partial charge in [-0.15, -0.1) is 0 Å². The minimum Gasteiger partial charge on any atom is -0.311 e. The largest absolute Gasteiger partial charge is 0.311 e. The van der Waals surface area contributed by atoms with Crippen molar-refractivity contribution < 1.29 is 0 Å². The molecule has 2 aliphatic rings. The van der Waals surface area contributed by atoms with Gasteiger partial charge in [-0.3, -0.25) is 0 Å². The smallest absolute Gasteiger partial charge is 0.252 e. The first-order valence-corrected chi connectivity index (χ1v) is 34.7. The number of hydrogen-bond acceptors (Lipinski definition) is 4. The van der Waals surface area contributed by atoms with E-state index in [2.05, 4.69) is 387 Å². The summed E-state index contributed by atoms with van der Waals surface area (Å²) in [6, 6.07) is 121. The molecule has 2 aromatic heterocycles. The second kappa shape index (κ2) is 23.4. The molecule has 0 unspecified atom stereocenters. The van der Waals surface area contributed by atoms with E-state index < -0.39 is 0 Å². The number of fused-ring (bicyclic) bond motifs is 10. The molecule has 0 amide bonds. The van der Waals surface area contributed by atoms with Crippen LogP contribution in [0.15, 0.2) is 322 Å². The third-order valence-electron chi connectivity index (χ3n) is 20.8. The molecule has 4 heterocycles. The maximum absolute atomic E-state index is 11.7. The summed E-state index contributed by atoms with van der Waals surface area (Å²) in [5, 5.41) is 16.5. The number of benzene rings is 14. The lowest BCUT2D eigenvalue weighted by Crippen LogP contribution is -2.61. The van der Waals surface area contributed by atoms with Gasteiger partial charge in [0.15, 0.2) is 0 Å². The molecule has 7 heteroatoms. The zero-order valence-corrected chi connectivity index (χ0v) is 56.9. The standard InChI is InChI=1S/C93H71BN6/c1-92(2,3)65-44-51-85-77(55-65)78-56-66(93(4,5)6)45-52-86(78)98(85)71-48-50-80-88(59-71)100(82-40-24-20-36-73(82)62-29-13-8-14-30-62)90-54-64(76-57-69(46-43-63(76)60-95)97-83-41-25-21-37-74(83)75-38-22-26-42-84(75)97)53-89-91(90)94(80)79-49-47-70(96(67-31-15-9-16-32-67)68-33-17-10-18-34-68)58-87(79)99(89)81-39-23-19-35-72(81)61-27-11-7-12-28-61/h7-59H,1-6H3. The van der Waals surface area contributed by atoms with Gasteiger partial charge in [0.25, 0.3) is 6.71 Å². The first kappa shape index (κ1) is 60.1. The number of anilines is 9. The van der Waals surface area contributed by atoms with Crippen LogP contribution in [0.2, 0.25) is 0 Å². The van der Waals surface area contributed by atoms with Crippen molar-refractivity contribution in [2.45, 2.75) is 52.4 Å². The molecule has 0 saturated heterocycles. The van der Waals surface area contributed by atoms with E-state index in [4.69, 9.17) is 0 Å². The predicted octanol–water partition coefficient (Wildman–Crippen LogP) is 22.9. The van der Waals surface area contributed by atoms with E-state index in [1.54, 1.807) is 0 Å². The van der Waals surface area contributed by atoms with Gasteiger partial charge in [0, 0.05) is 89.4 Å². The molecule has 0 spiro atoms. The molecular formula is C93H71BN6. The van der Waals surface area contributed by atoms with Gasteiger partial charge in [0.05, 0.1) is 45.1 Å². The Hall–Kier alpha value is -12.4. The van der Waals surface area contributed by atoms with Crippen molar-refractivity contribution in [1.82, 2.24) is 9.13 Å². The molecule has 476 valence electrons. The second-order valence-electron chi connectivity index (χ2n) is 28.8. The summed E-state index contributed by atoms with van der Waals surface area (Å²) in [4.78, 5) is 7.50. The quantitative estimate of drug-likeness (QED) is 0.128. The van der Waals surface area contributed by atoms with E-state index in [1.165, 1.54) is 43.6 Å². The molecule has 0 bridgehead atoms. The molecule has 0 fully saturated rings. The van der Waals surface area contributed by atoms with Gasteiger partial charge < -0.3 is 23.8 Å². The number of para-hydroxylation sites is 6. The van der Waals surface area contributed by atoms with E-state index in [-0.39, 0.29) is 17.5 Å². The van der Waals surface area contributed by atoms with Crippen LogP contribution in [0.4, 0.5) is 51.2 Å². The molecule has 14 aromatic carbocycles. The van der Waals surface area contributed by atoms with E-state index >= 15 is 0 Å². The molecule has 16 aromatic rings. The van der Waals surface area contributed by atoms with Crippen molar-refractivity contribution in [2.75, 3.05) is 14.7 Å². The Kier molecular flexibility index (Phi) is 14.1. The van der Waals surface area contributed by atoms with Crippen molar-refractivity contribution in [3.8, 4) is 50.8 Å². The van der Waals surface area contributed by atoms with E-state index in [9.17, 15) is 5.26 Å². The number of hydrogen-bond donors (Lipinski definition) is 0. The van der Waals surface area contributed by atoms with Crippen LogP contribution in [0, 0.1) is 11.3 Å². The zero-order valence-electron chi connectivity index (χ0n) is 56.9. The van der Waals surface area contributed by atoms with Gasteiger partial charge in [-0.25, -0.2) is 0 Å². The zero-order chi connectivity index (χ0) is 67.5.